The maximum atomic E-state index is 13.5. The van der Waals surface area contributed by atoms with Gasteiger partial charge in [-0.05, 0) is 24.6 Å². The van der Waals surface area contributed by atoms with Gasteiger partial charge in [0.25, 0.3) is 0 Å². The molecule has 18 heavy (non-hydrogen) atoms. The molecule has 0 radical (unpaired) electrons. The first kappa shape index (κ1) is 15.4. The fourth-order valence-electron chi connectivity index (χ4n) is 1.41. The second-order valence-corrected chi connectivity index (χ2v) is 6.04. The van der Waals surface area contributed by atoms with Crippen LogP contribution in [0.1, 0.15) is 19.8 Å². The van der Waals surface area contributed by atoms with E-state index in [1.54, 1.807) is 0 Å². The first-order valence-corrected chi connectivity index (χ1v) is 7.35. The molecule has 102 valence electrons. The quantitative estimate of drug-likeness (QED) is 0.842. The van der Waals surface area contributed by atoms with Crippen LogP contribution in [0.25, 0.3) is 0 Å². The van der Waals surface area contributed by atoms with Gasteiger partial charge in [0.1, 0.15) is 10.7 Å². The predicted molar refractivity (Wildman–Crippen MR) is 67.5 cm³/mol. The Hall–Kier alpha value is -0.690. The zero-order chi connectivity index (χ0) is 13.8. The third-order valence-electron chi connectivity index (χ3n) is 2.31. The first-order valence-electron chi connectivity index (χ1n) is 5.49. The Kier molecular flexibility index (Phi) is 5.52. The van der Waals surface area contributed by atoms with Crippen LogP contribution in [-0.4, -0.2) is 26.2 Å². The molecular weight excluding hydrogens is 281 g/mol. The second-order valence-electron chi connectivity index (χ2n) is 3.87. The number of hydrogen-bond acceptors (Lipinski definition) is 3. The number of hydrogen-bond donors (Lipinski definition) is 2. The minimum absolute atomic E-state index is 0.123. The van der Waals surface area contributed by atoms with Crippen LogP contribution in [0.4, 0.5) is 4.39 Å². The minimum atomic E-state index is -3.96. The average Bonchev–Trinajstić information content (AvgIpc) is 2.26. The zero-order valence-electron chi connectivity index (χ0n) is 9.86. The number of halogens is 2. The van der Waals surface area contributed by atoms with Gasteiger partial charge in [-0.3, -0.25) is 0 Å². The van der Waals surface area contributed by atoms with Gasteiger partial charge in [0.2, 0.25) is 10.0 Å². The Bertz CT molecular complexity index is 507. The highest BCUT2D eigenvalue weighted by Gasteiger charge is 2.19. The van der Waals surface area contributed by atoms with E-state index in [1.807, 2.05) is 6.92 Å². The van der Waals surface area contributed by atoms with Crippen LogP contribution in [0.2, 0.25) is 5.02 Å². The van der Waals surface area contributed by atoms with E-state index >= 15 is 0 Å². The van der Waals surface area contributed by atoms with Gasteiger partial charge in [0.05, 0.1) is 6.10 Å². The third kappa shape index (κ3) is 4.20. The van der Waals surface area contributed by atoms with Crippen molar-refractivity contribution < 1.29 is 17.9 Å². The van der Waals surface area contributed by atoms with E-state index in [9.17, 15) is 17.9 Å². The van der Waals surface area contributed by atoms with E-state index in [4.69, 9.17) is 11.6 Å². The third-order valence-corrected chi connectivity index (χ3v) is 4.01. The van der Waals surface area contributed by atoms with Crippen molar-refractivity contribution in [2.24, 2.45) is 0 Å². The van der Waals surface area contributed by atoms with Crippen molar-refractivity contribution in [2.75, 3.05) is 6.54 Å². The SMILES string of the molecule is CCCC(O)CNS(=O)(=O)c1ccc(Cl)cc1F. The van der Waals surface area contributed by atoms with Gasteiger partial charge in [0.15, 0.2) is 0 Å². The molecular formula is C11H15ClFNO3S. The highest BCUT2D eigenvalue weighted by molar-refractivity contribution is 7.89. The van der Waals surface area contributed by atoms with Crippen LogP contribution in [-0.2, 0) is 10.0 Å². The summed E-state index contributed by atoms with van der Waals surface area (Å²) in [6.07, 6.45) is 0.434. The lowest BCUT2D eigenvalue weighted by molar-refractivity contribution is 0.167. The van der Waals surface area contributed by atoms with E-state index in [0.717, 1.165) is 18.6 Å². The highest BCUT2D eigenvalue weighted by atomic mass is 35.5. The number of sulfonamides is 1. The smallest absolute Gasteiger partial charge is 0.243 e. The lowest BCUT2D eigenvalue weighted by Crippen LogP contribution is -2.32. The Morgan fingerprint density at radius 2 is 2.17 bits per heavy atom. The molecule has 1 unspecified atom stereocenters. The second kappa shape index (κ2) is 6.47. The van der Waals surface area contributed by atoms with Crippen molar-refractivity contribution in [2.45, 2.75) is 30.8 Å². The number of aliphatic hydroxyl groups excluding tert-OH is 1. The van der Waals surface area contributed by atoms with E-state index in [-0.39, 0.29) is 11.6 Å². The number of aliphatic hydroxyl groups is 1. The van der Waals surface area contributed by atoms with Gasteiger partial charge in [-0.2, -0.15) is 0 Å². The molecule has 0 spiro atoms. The summed E-state index contributed by atoms with van der Waals surface area (Å²) >= 11 is 5.54. The molecule has 0 saturated heterocycles. The largest absolute Gasteiger partial charge is 0.392 e. The molecule has 0 aliphatic rings. The Morgan fingerprint density at radius 3 is 2.72 bits per heavy atom. The maximum Gasteiger partial charge on any atom is 0.243 e. The fourth-order valence-corrected chi connectivity index (χ4v) is 2.70. The molecule has 1 atom stereocenters. The standard InChI is InChI=1S/C11H15ClFNO3S/c1-2-3-9(15)7-14-18(16,17)11-5-4-8(12)6-10(11)13/h4-6,9,14-15H,2-3,7H2,1H3. The van der Waals surface area contributed by atoms with Crippen LogP contribution < -0.4 is 4.72 Å². The van der Waals surface area contributed by atoms with Crippen LogP contribution in [0.15, 0.2) is 23.1 Å². The topological polar surface area (TPSA) is 66.4 Å². The van der Waals surface area contributed by atoms with Crippen LogP contribution in [0, 0.1) is 5.82 Å². The molecule has 0 fully saturated rings. The van der Waals surface area contributed by atoms with E-state index < -0.39 is 26.8 Å². The van der Waals surface area contributed by atoms with Crippen LogP contribution in [0.5, 0.6) is 0 Å². The summed E-state index contributed by atoms with van der Waals surface area (Å²) in [7, 11) is -3.96. The molecule has 1 aromatic carbocycles. The lowest BCUT2D eigenvalue weighted by atomic mass is 10.2. The normalized spacial score (nSPS) is 13.6. The molecule has 4 nitrogen and oxygen atoms in total. The van der Waals surface area contributed by atoms with E-state index in [1.165, 1.54) is 6.07 Å². The van der Waals surface area contributed by atoms with Crippen molar-refractivity contribution in [3.8, 4) is 0 Å². The molecule has 0 aliphatic carbocycles. The highest BCUT2D eigenvalue weighted by Crippen LogP contribution is 2.18. The monoisotopic (exact) mass is 295 g/mol. The van der Waals surface area contributed by atoms with Crippen molar-refractivity contribution >= 4 is 21.6 Å². The summed E-state index contributed by atoms with van der Waals surface area (Å²) in [5.41, 5.74) is 0. The van der Waals surface area contributed by atoms with Gasteiger partial charge in [0, 0.05) is 11.6 Å². The van der Waals surface area contributed by atoms with Gasteiger partial charge in [-0.25, -0.2) is 17.5 Å². The van der Waals surface area contributed by atoms with Gasteiger partial charge < -0.3 is 5.11 Å². The molecule has 2 N–H and O–H groups in total. The maximum absolute atomic E-state index is 13.5. The summed E-state index contributed by atoms with van der Waals surface area (Å²) in [6, 6.07) is 3.31. The van der Waals surface area contributed by atoms with Crippen molar-refractivity contribution in [1.29, 1.82) is 0 Å². The van der Waals surface area contributed by atoms with Gasteiger partial charge in [-0.1, -0.05) is 24.9 Å². The molecule has 0 aliphatic heterocycles. The molecule has 7 heteroatoms. The lowest BCUT2D eigenvalue weighted by Gasteiger charge is -2.11. The number of rotatable bonds is 6. The predicted octanol–water partition coefficient (Wildman–Crippen LogP) is 1.92. The molecule has 0 aromatic heterocycles. The van der Waals surface area contributed by atoms with Crippen molar-refractivity contribution in [3.63, 3.8) is 0 Å². The van der Waals surface area contributed by atoms with Gasteiger partial charge >= 0.3 is 0 Å². The molecule has 0 saturated carbocycles. The van der Waals surface area contributed by atoms with Crippen LogP contribution >= 0.6 is 11.6 Å². The van der Waals surface area contributed by atoms with E-state index in [2.05, 4.69) is 4.72 Å². The Labute approximate surface area is 111 Å². The first-order chi connectivity index (χ1) is 8.36. The van der Waals surface area contributed by atoms with Crippen molar-refractivity contribution in [1.82, 2.24) is 4.72 Å². The molecule has 0 bridgehead atoms. The average molecular weight is 296 g/mol. The Morgan fingerprint density at radius 1 is 1.50 bits per heavy atom. The minimum Gasteiger partial charge on any atom is -0.392 e. The van der Waals surface area contributed by atoms with Gasteiger partial charge in [-0.15, -0.1) is 0 Å². The number of nitrogens with one attached hydrogen (secondary N) is 1. The number of benzene rings is 1. The summed E-state index contributed by atoms with van der Waals surface area (Å²) in [5, 5.41) is 9.55. The summed E-state index contributed by atoms with van der Waals surface area (Å²) in [4.78, 5) is -0.476. The zero-order valence-corrected chi connectivity index (χ0v) is 11.4. The fraction of sp³-hybridized carbons (Fsp3) is 0.455. The summed E-state index contributed by atoms with van der Waals surface area (Å²) in [5.74, 6) is -0.917. The van der Waals surface area contributed by atoms with Crippen molar-refractivity contribution in [3.05, 3.63) is 29.0 Å². The molecule has 1 rings (SSSR count). The van der Waals surface area contributed by atoms with Crippen LogP contribution in [0.3, 0.4) is 0 Å². The molecule has 0 amide bonds. The van der Waals surface area contributed by atoms with E-state index in [0.29, 0.717) is 6.42 Å². The molecule has 0 heterocycles. The summed E-state index contributed by atoms with van der Waals surface area (Å²) < 4.78 is 39.1. The molecule has 1 aromatic rings. The Balaban J connectivity index is 2.80. The summed E-state index contributed by atoms with van der Waals surface area (Å²) in [6.45, 7) is 1.73.